The summed E-state index contributed by atoms with van der Waals surface area (Å²) in [6.07, 6.45) is 9.99. The summed E-state index contributed by atoms with van der Waals surface area (Å²) in [6, 6.07) is 0. The van der Waals surface area contributed by atoms with E-state index in [1.165, 1.54) is 29.7 Å². The summed E-state index contributed by atoms with van der Waals surface area (Å²) in [4.78, 5) is 2.38. The number of H-pyrrole nitrogens is 1. The lowest BCUT2D eigenvalue weighted by atomic mass is 9.75. The van der Waals surface area contributed by atoms with E-state index in [0.29, 0.717) is 0 Å². The minimum atomic E-state index is 0.119. The van der Waals surface area contributed by atoms with Gasteiger partial charge in [0.2, 0.25) is 0 Å². The molecule has 1 aromatic rings. The van der Waals surface area contributed by atoms with Gasteiger partial charge in [0.15, 0.2) is 0 Å². The molecule has 1 heterocycles. The van der Waals surface area contributed by atoms with Gasteiger partial charge in [0.1, 0.15) is 0 Å². The molecule has 0 saturated heterocycles. The van der Waals surface area contributed by atoms with Crippen molar-refractivity contribution >= 4 is 5.57 Å². The van der Waals surface area contributed by atoms with Gasteiger partial charge in [0.05, 0.1) is 25.1 Å². The van der Waals surface area contributed by atoms with Crippen molar-refractivity contribution in [2.75, 3.05) is 40.0 Å². The predicted molar refractivity (Wildman–Crippen MR) is 107 cm³/mol. The molecular formula is C21H37N3O2. The Morgan fingerprint density at radius 1 is 1.19 bits per heavy atom. The Hall–Kier alpha value is -1.17. The third kappa shape index (κ3) is 5.93. The number of aromatic amines is 1. The van der Waals surface area contributed by atoms with E-state index < -0.39 is 0 Å². The van der Waals surface area contributed by atoms with E-state index in [9.17, 15) is 0 Å². The Bertz CT molecular complexity index is 545. The Labute approximate surface area is 159 Å². The van der Waals surface area contributed by atoms with Gasteiger partial charge in [-0.25, -0.2) is 0 Å². The van der Waals surface area contributed by atoms with Crippen LogP contribution in [0.3, 0.4) is 0 Å². The smallest absolute Gasteiger partial charge is 0.0651 e. The summed E-state index contributed by atoms with van der Waals surface area (Å²) < 4.78 is 11.6. The van der Waals surface area contributed by atoms with Gasteiger partial charge in [-0.3, -0.25) is 5.10 Å². The van der Waals surface area contributed by atoms with Gasteiger partial charge in [-0.1, -0.05) is 19.4 Å². The molecule has 0 amide bonds. The van der Waals surface area contributed by atoms with Crippen LogP contribution < -0.4 is 0 Å². The molecule has 0 unspecified atom stereocenters. The normalized spacial score (nSPS) is 16.9. The molecule has 0 fully saturated rings. The molecule has 0 aliphatic heterocycles. The SMILES string of the molecule is CCCCN(C)Cc1cn[nH]c1C1=CCC(COCC)(COCC)CC1. The van der Waals surface area contributed by atoms with Gasteiger partial charge in [-0.2, -0.15) is 5.10 Å². The van der Waals surface area contributed by atoms with Crippen molar-refractivity contribution in [2.45, 2.75) is 59.4 Å². The predicted octanol–water partition coefficient (Wildman–Crippen LogP) is 4.27. The zero-order chi connectivity index (χ0) is 18.8. The summed E-state index contributed by atoms with van der Waals surface area (Å²) in [5.41, 5.74) is 4.03. The van der Waals surface area contributed by atoms with Crippen molar-refractivity contribution in [3.05, 3.63) is 23.5 Å². The van der Waals surface area contributed by atoms with Crippen molar-refractivity contribution < 1.29 is 9.47 Å². The first-order chi connectivity index (χ1) is 12.6. The van der Waals surface area contributed by atoms with Crippen LogP contribution in [0.2, 0.25) is 0 Å². The van der Waals surface area contributed by atoms with E-state index in [1.807, 2.05) is 6.20 Å². The topological polar surface area (TPSA) is 50.4 Å². The van der Waals surface area contributed by atoms with E-state index in [-0.39, 0.29) is 5.41 Å². The molecule has 0 atom stereocenters. The van der Waals surface area contributed by atoms with Gasteiger partial charge in [-0.15, -0.1) is 0 Å². The Morgan fingerprint density at radius 3 is 2.50 bits per heavy atom. The number of allylic oxidation sites excluding steroid dienone is 2. The fraction of sp³-hybridized carbons (Fsp3) is 0.762. The summed E-state index contributed by atoms with van der Waals surface area (Å²) in [5, 5.41) is 7.57. The molecule has 0 aromatic carbocycles. The van der Waals surface area contributed by atoms with Crippen LogP contribution in [0, 0.1) is 5.41 Å². The monoisotopic (exact) mass is 363 g/mol. The van der Waals surface area contributed by atoms with E-state index in [0.717, 1.165) is 58.8 Å². The highest BCUT2D eigenvalue weighted by Gasteiger charge is 2.33. The number of unbranched alkanes of at least 4 members (excludes halogenated alkanes) is 1. The molecule has 0 spiro atoms. The van der Waals surface area contributed by atoms with E-state index in [1.54, 1.807) is 0 Å². The summed E-state index contributed by atoms with van der Waals surface area (Å²) >= 11 is 0. The van der Waals surface area contributed by atoms with Gasteiger partial charge in [-0.05, 0) is 58.7 Å². The van der Waals surface area contributed by atoms with Gasteiger partial charge in [0, 0.05) is 30.7 Å². The number of rotatable bonds is 12. The number of nitrogens with zero attached hydrogens (tertiary/aromatic N) is 2. The molecule has 0 radical (unpaired) electrons. The molecule has 148 valence electrons. The molecule has 0 bridgehead atoms. The Balaban J connectivity index is 2.04. The maximum Gasteiger partial charge on any atom is 0.0651 e. The van der Waals surface area contributed by atoms with Crippen molar-refractivity contribution in [3.8, 4) is 0 Å². The van der Waals surface area contributed by atoms with Crippen LogP contribution in [0.1, 0.15) is 64.1 Å². The van der Waals surface area contributed by atoms with Crippen molar-refractivity contribution in [2.24, 2.45) is 5.41 Å². The maximum atomic E-state index is 5.78. The largest absolute Gasteiger partial charge is 0.381 e. The first kappa shape index (κ1) is 21.1. The highest BCUT2D eigenvalue weighted by atomic mass is 16.5. The molecule has 1 N–H and O–H groups in total. The number of hydrogen-bond acceptors (Lipinski definition) is 4. The number of ether oxygens (including phenoxy) is 2. The lowest BCUT2D eigenvalue weighted by Crippen LogP contribution is -2.34. The van der Waals surface area contributed by atoms with Gasteiger partial charge >= 0.3 is 0 Å². The average molecular weight is 364 g/mol. The number of nitrogens with one attached hydrogen (secondary N) is 1. The lowest BCUT2D eigenvalue weighted by molar-refractivity contribution is -0.0210. The molecule has 1 aliphatic carbocycles. The summed E-state index contributed by atoms with van der Waals surface area (Å²) in [5.74, 6) is 0. The van der Waals surface area contributed by atoms with Crippen LogP contribution >= 0.6 is 0 Å². The van der Waals surface area contributed by atoms with Gasteiger partial charge in [0.25, 0.3) is 0 Å². The number of hydrogen-bond donors (Lipinski definition) is 1. The highest BCUT2D eigenvalue weighted by Crippen LogP contribution is 2.39. The van der Waals surface area contributed by atoms with E-state index >= 15 is 0 Å². The van der Waals surface area contributed by atoms with Crippen LogP contribution in [0.4, 0.5) is 0 Å². The number of aromatic nitrogens is 2. The quantitative estimate of drug-likeness (QED) is 0.602. The second-order valence-corrected chi connectivity index (χ2v) is 7.57. The molecule has 5 nitrogen and oxygen atoms in total. The minimum absolute atomic E-state index is 0.119. The van der Waals surface area contributed by atoms with Crippen molar-refractivity contribution in [1.82, 2.24) is 15.1 Å². The van der Waals surface area contributed by atoms with Crippen LogP contribution in [-0.4, -0.2) is 55.1 Å². The zero-order valence-electron chi connectivity index (χ0n) is 17.1. The van der Waals surface area contributed by atoms with Crippen LogP contribution in [0.25, 0.3) is 5.57 Å². The second kappa shape index (κ2) is 10.9. The molecule has 2 rings (SSSR count). The third-order valence-corrected chi connectivity index (χ3v) is 5.30. The molecule has 1 aliphatic rings. The van der Waals surface area contributed by atoms with Crippen LogP contribution in [0.15, 0.2) is 12.3 Å². The van der Waals surface area contributed by atoms with Crippen LogP contribution in [0.5, 0.6) is 0 Å². The van der Waals surface area contributed by atoms with Crippen molar-refractivity contribution in [1.29, 1.82) is 0 Å². The Kier molecular flexibility index (Phi) is 8.82. The zero-order valence-corrected chi connectivity index (χ0v) is 17.1. The maximum absolute atomic E-state index is 5.78. The highest BCUT2D eigenvalue weighted by molar-refractivity contribution is 5.66. The lowest BCUT2D eigenvalue weighted by Gasteiger charge is -2.36. The fourth-order valence-corrected chi connectivity index (χ4v) is 3.62. The average Bonchev–Trinajstić information content (AvgIpc) is 3.11. The third-order valence-electron chi connectivity index (χ3n) is 5.30. The molecule has 26 heavy (non-hydrogen) atoms. The van der Waals surface area contributed by atoms with E-state index in [4.69, 9.17) is 9.47 Å². The van der Waals surface area contributed by atoms with Gasteiger partial charge < -0.3 is 14.4 Å². The molecular weight excluding hydrogens is 326 g/mol. The summed E-state index contributed by atoms with van der Waals surface area (Å²) in [6.45, 7) is 11.5. The molecule has 1 aromatic heterocycles. The second-order valence-electron chi connectivity index (χ2n) is 7.57. The standard InChI is InChI=1S/C21H37N3O2/c1-5-8-13-24(4)15-19-14-22-23-20(19)18-9-11-21(12-10-18,16-25-6-2)17-26-7-3/h9,14H,5-8,10-13,15-17H2,1-4H3,(H,22,23). The first-order valence-corrected chi connectivity index (χ1v) is 10.2. The van der Waals surface area contributed by atoms with E-state index in [2.05, 4.69) is 49.0 Å². The minimum Gasteiger partial charge on any atom is -0.381 e. The fourth-order valence-electron chi connectivity index (χ4n) is 3.62. The molecule has 5 heteroatoms. The van der Waals surface area contributed by atoms with Crippen molar-refractivity contribution in [3.63, 3.8) is 0 Å². The summed E-state index contributed by atoms with van der Waals surface area (Å²) in [7, 11) is 2.19. The first-order valence-electron chi connectivity index (χ1n) is 10.2. The molecule has 0 saturated carbocycles. The van der Waals surface area contributed by atoms with Crippen LogP contribution in [-0.2, 0) is 16.0 Å². The Morgan fingerprint density at radius 2 is 1.92 bits per heavy atom.